The summed E-state index contributed by atoms with van der Waals surface area (Å²) in [6.07, 6.45) is -0.956. The van der Waals surface area contributed by atoms with Crippen LogP contribution in [-0.4, -0.2) is 60.0 Å². The van der Waals surface area contributed by atoms with Gasteiger partial charge < -0.3 is 19.7 Å². The minimum absolute atomic E-state index is 0.00950. The average molecular weight is 531 g/mol. The maximum Gasteiger partial charge on any atom is 0.574 e. The number of pyridine rings is 1. The van der Waals surface area contributed by atoms with Crippen LogP contribution in [0.5, 0.6) is 11.6 Å². The van der Waals surface area contributed by atoms with E-state index in [9.17, 15) is 27.2 Å². The quantitative estimate of drug-likeness (QED) is 0.532. The molecule has 1 saturated carbocycles. The third kappa shape index (κ3) is 6.48. The van der Waals surface area contributed by atoms with Crippen molar-refractivity contribution in [2.45, 2.75) is 44.1 Å². The van der Waals surface area contributed by atoms with E-state index in [1.165, 1.54) is 29.3 Å². The summed E-state index contributed by atoms with van der Waals surface area (Å²) in [5.74, 6) is -1.36. The van der Waals surface area contributed by atoms with Gasteiger partial charge in [0.15, 0.2) is 6.61 Å². The van der Waals surface area contributed by atoms with E-state index in [0.717, 1.165) is 12.1 Å². The largest absolute Gasteiger partial charge is 0.574 e. The molecule has 8 nitrogen and oxygen atoms in total. The average Bonchev–Trinajstić information content (AvgIpc) is 3.21. The number of aromatic nitrogens is 1. The molecule has 1 N–H and O–H groups in total. The predicted molar refractivity (Wildman–Crippen MR) is 121 cm³/mol. The van der Waals surface area contributed by atoms with Gasteiger partial charge in [0.25, 0.3) is 5.91 Å². The third-order valence-corrected chi connectivity index (χ3v) is 6.36. The fraction of sp³-hybridized carbons (Fsp3) is 0.435. The van der Waals surface area contributed by atoms with Gasteiger partial charge >= 0.3 is 12.4 Å². The Hall–Kier alpha value is -3.28. The van der Waals surface area contributed by atoms with E-state index in [4.69, 9.17) is 16.3 Å². The Morgan fingerprint density at radius 1 is 1.14 bits per heavy atom. The topological polar surface area (TPSA) is 84.0 Å². The molecule has 4 rings (SSSR count). The molecule has 36 heavy (non-hydrogen) atoms. The number of anilines is 1. The number of carbonyl (C=O) groups is 2. The summed E-state index contributed by atoms with van der Waals surface area (Å²) in [7, 11) is 0. The van der Waals surface area contributed by atoms with E-state index in [2.05, 4.69) is 15.0 Å². The van der Waals surface area contributed by atoms with Crippen LogP contribution in [-0.2, 0) is 4.79 Å². The summed E-state index contributed by atoms with van der Waals surface area (Å²) in [6, 6.07) is 6.04. The molecule has 1 aromatic heterocycles. The number of halogens is 5. The SMILES string of the molecule is O=C(COc1ccc(Cl)c(F)c1)N[C@H]1CC[C@H](N2CCN(c3ccc(OC(F)(F)F)nc3)C2=O)CC1. The highest BCUT2D eigenvalue weighted by Gasteiger charge is 2.37. The number of nitrogens with zero attached hydrogens (tertiary/aromatic N) is 3. The van der Waals surface area contributed by atoms with E-state index >= 15 is 0 Å². The number of nitrogens with one attached hydrogen (secondary N) is 1. The van der Waals surface area contributed by atoms with Crippen molar-refractivity contribution >= 4 is 29.2 Å². The highest BCUT2D eigenvalue weighted by Crippen LogP contribution is 2.29. The Morgan fingerprint density at radius 2 is 1.89 bits per heavy atom. The van der Waals surface area contributed by atoms with E-state index in [-0.39, 0.29) is 41.4 Å². The molecule has 194 valence electrons. The van der Waals surface area contributed by atoms with Gasteiger partial charge in [0.1, 0.15) is 11.6 Å². The Morgan fingerprint density at radius 3 is 2.53 bits per heavy atom. The molecular weight excluding hydrogens is 508 g/mol. The second-order valence-corrected chi connectivity index (χ2v) is 8.87. The van der Waals surface area contributed by atoms with Gasteiger partial charge in [0.2, 0.25) is 5.88 Å². The molecule has 0 bridgehead atoms. The van der Waals surface area contributed by atoms with E-state index < -0.39 is 18.1 Å². The van der Waals surface area contributed by atoms with Crippen molar-refractivity contribution in [3.05, 3.63) is 47.4 Å². The number of benzene rings is 1. The van der Waals surface area contributed by atoms with Crippen molar-refractivity contribution < 1.29 is 36.6 Å². The van der Waals surface area contributed by atoms with Crippen molar-refractivity contribution in [2.24, 2.45) is 0 Å². The van der Waals surface area contributed by atoms with Gasteiger partial charge in [-0.3, -0.25) is 9.69 Å². The second-order valence-electron chi connectivity index (χ2n) is 8.47. The molecule has 1 aromatic carbocycles. The lowest BCUT2D eigenvalue weighted by atomic mass is 9.90. The summed E-state index contributed by atoms with van der Waals surface area (Å²) in [5.41, 5.74) is 0.388. The van der Waals surface area contributed by atoms with Gasteiger partial charge in [-0.1, -0.05) is 11.6 Å². The van der Waals surface area contributed by atoms with Crippen LogP contribution in [0.15, 0.2) is 36.5 Å². The lowest BCUT2D eigenvalue weighted by Crippen LogP contribution is -2.46. The Labute approximate surface area is 209 Å². The molecule has 13 heteroatoms. The minimum Gasteiger partial charge on any atom is -0.484 e. The molecule has 0 unspecified atom stereocenters. The van der Waals surface area contributed by atoms with Crippen LogP contribution in [0.4, 0.5) is 28.0 Å². The van der Waals surface area contributed by atoms with E-state index in [0.29, 0.717) is 44.5 Å². The summed E-state index contributed by atoms with van der Waals surface area (Å²) in [4.78, 5) is 32.0. The molecule has 1 aliphatic carbocycles. The van der Waals surface area contributed by atoms with Crippen LogP contribution in [0, 0.1) is 5.82 Å². The predicted octanol–water partition coefficient (Wildman–Crippen LogP) is 4.52. The molecule has 1 saturated heterocycles. The summed E-state index contributed by atoms with van der Waals surface area (Å²) in [5, 5.41) is 2.86. The van der Waals surface area contributed by atoms with E-state index in [1.54, 1.807) is 4.90 Å². The molecular formula is C23H23ClF4N4O4. The van der Waals surface area contributed by atoms with Crippen LogP contribution >= 0.6 is 11.6 Å². The smallest absolute Gasteiger partial charge is 0.484 e. The maximum atomic E-state index is 13.5. The molecule has 0 spiro atoms. The van der Waals surface area contributed by atoms with Gasteiger partial charge in [0, 0.05) is 37.3 Å². The zero-order chi connectivity index (χ0) is 25.9. The number of alkyl halides is 3. The molecule has 2 fully saturated rings. The highest BCUT2D eigenvalue weighted by molar-refractivity contribution is 6.30. The van der Waals surface area contributed by atoms with Crippen molar-refractivity contribution in [1.82, 2.24) is 15.2 Å². The van der Waals surface area contributed by atoms with Crippen LogP contribution in [0.2, 0.25) is 5.02 Å². The van der Waals surface area contributed by atoms with Gasteiger partial charge in [-0.05, 0) is 43.9 Å². The van der Waals surface area contributed by atoms with Gasteiger partial charge in [-0.15, -0.1) is 13.2 Å². The molecule has 0 radical (unpaired) electrons. The molecule has 2 heterocycles. The van der Waals surface area contributed by atoms with Crippen molar-refractivity contribution in [1.29, 1.82) is 0 Å². The monoisotopic (exact) mass is 530 g/mol. The lowest BCUT2D eigenvalue weighted by molar-refractivity contribution is -0.276. The highest BCUT2D eigenvalue weighted by atomic mass is 35.5. The number of rotatable bonds is 7. The molecule has 1 aliphatic heterocycles. The standard InChI is InChI=1S/C23H23ClF4N4O4/c24-18-7-6-17(11-19(18)25)35-13-20(33)30-14-1-3-15(4-2-14)31-9-10-32(22(31)34)16-5-8-21(29-12-16)36-23(26,27)28/h5-8,11-12,14-15H,1-4,9-10,13H2,(H,30,33)/t14-,15-. The Bertz CT molecular complexity index is 1090. The zero-order valence-corrected chi connectivity index (χ0v) is 19.7. The number of urea groups is 1. The number of amides is 3. The summed E-state index contributed by atoms with van der Waals surface area (Å²) >= 11 is 5.63. The number of hydrogen-bond donors (Lipinski definition) is 1. The van der Waals surface area contributed by atoms with Crippen molar-refractivity contribution in [3.63, 3.8) is 0 Å². The first-order valence-corrected chi connectivity index (χ1v) is 11.6. The molecule has 2 aromatic rings. The third-order valence-electron chi connectivity index (χ3n) is 6.06. The summed E-state index contributed by atoms with van der Waals surface area (Å²) in [6.45, 7) is 0.605. The fourth-order valence-corrected chi connectivity index (χ4v) is 4.48. The number of ether oxygens (including phenoxy) is 2. The zero-order valence-electron chi connectivity index (χ0n) is 18.9. The lowest BCUT2D eigenvalue weighted by Gasteiger charge is -2.34. The first-order valence-electron chi connectivity index (χ1n) is 11.3. The molecule has 0 atom stereocenters. The van der Waals surface area contributed by atoms with Crippen molar-refractivity contribution in [3.8, 4) is 11.6 Å². The van der Waals surface area contributed by atoms with Gasteiger partial charge in [-0.2, -0.15) is 0 Å². The number of carbonyl (C=O) groups excluding carboxylic acids is 2. The van der Waals surface area contributed by atoms with Crippen LogP contribution in [0.3, 0.4) is 0 Å². The molecule has 3 amide bonds. The maximum absolute atomic E-state index is 13.5. The normalized spacial score (nSPS) is 20.4. The number of hydrogen-bond acceptors (Lipinski definition) is 5. The summed E-state index contributed by atoms with van der Waals surface area (Å²) < 4.78 is 59.5. The van der Waals surface area contributed by atoms with Crippen LogP contribution < -0.4 is 19.7 Å². The first-order chi connectivity index (χ1) is 17.1. The van der Waals surface area contributed by atoms with Gasteiger partial charge in [-0.25, -0.2) is 14.2 Å². The molecule has 2 aliphatic rings. The van der Waals surface area contributed by atoms with Gasteiger partial charge in [0.05, 0.1) is 16.9 Å². The van der Waals surface area contributed by atoms with Crippen molar-refractivity contribution in [2.75, 3.05) is 24.6 Å². The van der Waals surface area contributed by atoms with Crippen LogP contribution in [0.25, 0.3) is 0 Å². The fourth-order valence-electron chi connectivity index (χ4n) is 4.36. The Balaban J connectivity index is 1.22. The first kappa shape index (κ1) is 25.8. The second kappa shape index (κ2) is 10.8. The van der Waals surface area contributed by atoms with E-state index in [1.807, 2.05) is 0 Å². The van der Waals surface area contributed by atoms with Crippen LogP contribution in [0.1, 0.15) is 25.7 Å². The Kier molecular flexibility index (Phi) is 7.72. The minimum atomic E-state index is -4.84.